The Morgan fingerprint density at radius 3 is 1.85 bits per heavy atom. The lowest BCUT2D eigenvalue weighted by atomic mass is 9.83. The summed E-state index contributed by atoms with van der Waals surface area (Å²) in [5.41, 5.74) is 5.57. The van der Waals surface area contributed by atoms with Crippen molar-refractivity contribution in [2.75, 3.05) is 0 Å². The molecule has 2 nitrogen and oxygen atoms in total. The van der Waals surface area contributed by atoms with Crippen LogP contribution in [0, 0.1) is 13.8 Å². The van der Waals surface area contributed by atoms with Gasteiger partial charge >= 0.3 is 0 Å². The van der Waals surface area contributed by atoms with Crippen molar-refractivity contribution in [3.63, 3.8) is 0 Å². The van der Waals surface area contributed by atoms with Crippen LogP contribution in [0.1, 0.15) is 74.9 Å². The van der Waals surface area contributed by atoms with Crippen molar-refractivity contribution >= 4 is 12.2 Å². The first-order valence-corrected chi connectivity index (χ1v) is 9.17. The number of hydrogen-bond acceptors (Lipinski definition) is 2. The van der Waals surface area contributed by atoms with E-state index in [2.05, 4.69) is 47.6 Å². The fourth-order valence-electron chi connectivity index (χ4n) is 3.19. The van der Waals surface area contributed by atoms with Crippen molar-refractivity contribution in [1.82, 2.24) is 0 Å². The lowest BCUT2D eigenvalue weighted by Crippen LogP contribution is -2.12. The molecule has 0 aliphatic rings. The van der Waals surface area contributed by atoms with Crippen LogP contribution >= 0.6 is 0 Å². The van der Waals surface area contributed by atoms with Crippen molar-refractivity contribution < 1.29 is 10.2 Å². The Morgan fingerprint density at radius 2 is 1.31 bits per heavy atom. The largest absolute Gasteiger partial charge is 0.508 e. The molecule has 2 aromatic carbocycles. The molecule has 0 radical (unpaired) electrons. The second kappa shape index (κ2) is 6.83. The van der Waals surface area contributed by atoms with Gasteiger partial charge in [0.2, 0.25) is 0 Å². The molecule has 0 aliphatic carbocycles. The zero-order valence-electron chi connectivity index (χ0n) is 17.4. The molecule has 0 saturated heterocycles. The zero-order valence-corrected chi connectivity index (χ0v) is 17.4. The fraction of sp³-hybridized carbons (Fsp3) is 0.417. The lowest BCUT2D eigenvalue weighted by molar-refractivity contribution is 0.444. The molecule has 0 aromatic heterocycles. The molecule has 26 heavy (non-hydrogen) atoms. The summed E-state index contributed by atoms with van der Waals surface area (Å²) in [7, 11) is 0. The van der Waals surface area contributed by atoms with Crippen LogP contribution in [0.25, 0.3) is 12.2 Å². The van der Waals surface area contributed by atoms with E-state index >= 15 is 0 Å². The number of hydrogen-bond donors (Lipinski definition) is 2. The molecule has 2 heteroatoms. The summed E-state index contributed by atoms with van der Waals surface area (Å²) in [5.74, 6) is 0.683. The van der Waals surface area contributed by atoms with Gasteiger partial charge in [-0.05, 0) is 64.6 Å². The maximum Gasteiger partial charge on any atom is 0.126 e. The van der Waals surface area contributed by atoms with Crippen LogP contribution in [-0.2, 0) is 10.8 Å². The van der Waals surface area contributed by atoms with E-state index in [-0.39, 0.29) is 10.8 Å². The summed E-state index contributed by atoms with van der Waals surface area (Å²) in [5, 5.41) is 21.1. The SMILES string of the molecule is Cc1cc(O)c(C(C)(C)C)cc1C=Cc1c(C)ccc(C(C)(C)C)c1O. The Kier molecular flexibility index (Phi) is 5.28. The average Bonchev–Trinajstić information content (AvgIpc) is 2.46. The van der Waals surface area contributed by atoms with E-state index in [1.54, 1.807) is 0 Å². The molecule has 0 aliphatic heterocycles. The number of rotatable bonds is 2. The maximum atomic E-state index is 10.8. The highest BCUT2D eigenvalue weighted by atomic mass is 16.3. The molecule has 2 rings (SSSR count). The molecule has 0 saturated carbocycles. The van der Waals surface area contributed by atoms with Gasteiger partial charge < -0.3 is 10.2 Å². The molecule has 0 fully saturated rings. The van der Waals surface area contributed by atoms with Crippen LogP contribution < -0.4 is 0 Å². The number of phenolic OH excluding ortho intramolecular Hbond substituents is 2. The second-order valence-electron chi connectivity index (χ2n) is 9.25. The number of benzene rings is 2. The van der Waals surface area contributed by atoms with Gasteiger partial charge in [-0.2, -0.15) is 0 Å². The molecule has 140 valence electrons. The first kappa shape index (κ1) is 20.1. The number of aryl methyl sites for hydroxylation is 2. The molecule has 0 atom stereocenters. The predicted molar refractivity (Wildman–Crippen MR) is 112 cm³/mol. The monoisotopic (exact) mass is 352 g/mol. The third kappa shape index (κ3) is 4.12. The molecule has 0 heterocycles. The standard InChI is InChI=1S/C24H32O2/c1-15-9-12-19(23(3,4)5)22(26)18(15)11-10-17-14-20(24(6,7)8)21(25)13-16(17)2/h9-14,25-26H,1-8H3. The van der Waals surface area contributed by atoms with Crippen LogP contribution in [0.4, 0.5) is 0 Å². The highest BCUT2D eigenvalue weighted by Crippen LogP contribution is 2.37. The Labute approximate surface area is 158 Å². The minimum absolute atomic E-state index is 0.117. The van der Waals surface area contributed by atoms with Crippen LogP contribution in [0.3, 0.4) is 0 Å². The minimum Gasteiger partial charge on any atom is -0.508 e. The molecular formula is C24H32O2. The maximum absolute atomic E-state index is 10.8. The molecule has 0 spiro atoms. The Hall–Kier alpha value is -2.22. The molecule has 2 N–H and O–H groups in total. The van der Waals surface area contributed by atoms with Gasteiger partial charge in [0.1, 0.15) is 11.5 Å². The van der Waals surface area contributed by atoms with Crippen molar-refractivity contribution in [3.8, 4) is 11.5 Å². The van der Waals surface area contributed by atoms with E-state index in [4.69, 9.17) is 0 Å². The second-order valence-corrected chi connectivity index (χ2v) is 9.25. The molecule has 0 bridgehead atoms. The summed E-state index contributed by atoms with van der Waals surface area (Å²) < 4.78 is 0. The van der Waals surface area contributed by atoms with Gasteiger partial charge in [0.25, 0.3) is 0 Å². The summed E-state index contributed by atoms with van der Waals surface area (Å²) in [6, 6.07) is 7.93. The fourth-order valence-corrected chi connectivity index (χ4v) is 3.19. The Balaban J connectivity index is 2.55. The number of aromatic hydroxyl groups is 2. The van der Waals surface area contributed by atoms with Crippen molar-refractivity contribution in [3.05, 3.63) is 57.6 Å². The third-order valence-corrected chi connectivity index (χ3v) is 4.87. The van der Waals surface area contributed by atoms with E-state index < -0.39 is 0 Å². The third-order valence-electron chi connectivity index (χ3n) is 4.87. The van der Waals surface area contributed by atoms with E-state index in [1.165, 1.54) is 0 Å². The van der Waals surface area contributed by atoms with E-state index in [1.807, 2.05) is 44.2 Å². The summed E-state index contributed by atoms with van der Waals surface area (Å²) >= 11 is 0. The van der Waals surface area contributed by atoms with Gasteiger partial charge in [0.05, 0.1) is 0 Å². The molecule has 2 aromatic rings. The first-order chi connectivity index (χ1) is 11.8. The summed E-state index contributed by atoms with van der Waals surface area (Å²) in [6.07, 6.45) is 4.00. The van der Waals surface area contributed by atoms with Gasteiger partial charge in [-0.15, -0.1) is 0 Å². The van der Waals surface area contributed by atoms with Crippen LogP contribution in [0.5, 0.6) is 11.5 Å². The molecule has 0 amide bonds. The Morgan fingerprint density at radius 1 is 0.731 bits per heavy atom. The zero-order chi connectivity index (χ0) is 19.9. The predicted octanol–water partition coefficient (Wildman–Crippen LogP) is 6.48. The van der Waals surface area contributed by atoms with Gasteiger partial charge in [0.15, 0.2) is 0 Å². The van der Waals surface area contributed by atoms with Gasteiger partial charge in [-0.1, -0.05) is 65.8 Å². The van der Waals surface area contributed by atoms with E-state index in [0.29, 0.717) is 11.5 Å². The highest BCUT2D eigenvalue weighted by molar-refractivity contribution is 5.77. The van der Waals surface area contributed by atoms with Gasteiger partial charge in [-0.25, -0.2) is 0 Å². The Bertz CT molecular complexity index is 844. The highest BCUT2D eigenvalue weighted by Gasteiger charge is 2.21. The van der Waals surface area contributed by atoms with Crippen molar-refractivity contribution in [1.29, 1.82) is 0 Å². The quantitative estimate of drug-likeness (QED) is 0.607. The topological polar surface area (TPSA) is 40.5 Å². The van der Waals surface area contributed by atoms with E-state index in [9.17, 15) is 10.2 Å². The van der Waals surface area contributed by atoms with Gasteiger partial charge in [-0.3, -0.25) is 0 Å². The minimum atomic E-state index is -0.134. The van der Waals surface area contributed by atoms with Crippen molar-refractivity contribution in [2.24, 2.45) is 0 Å². The van der Waals surface area contributed by atoms with Gasteiger partial charge in [0, 0.05) is 5.56 Å². The smallest absolute Gasteiger partial charge is 0.126 e. The van der Waals surface area contributed by atoms with E-state index in [0.717, 1.165) is 33.4 Å². The van der Waals surface area contributed by atoms with Crippen molar-refractivity contribution in [2.45, 2.75) is 66.2 Å². The first-order valence-electron chi connectivity index (χ1n) is 9.17. The molecule has 0 unspecified atom stereocenters. The normalized spacial score (nSPS) is 12.8. The lowest BCUT2D eigenvalue weighted by Gasteiger charge is -2.22. The molecular weight excluding hydrogens is 320 g/mol. The van der Waals surface area contributed by atoms with Crippen LogP contribution in [0.15, 0.2) is 24.3 Å². The average molecular weight is 353 g/mol. The summed E-state index contributed by atoms with van der Waals surface area (Å²) in [4.78, 5) is 0. The van der Waals surface area contributed by atoms with Crippen LogP contribution in [-0.4, -0.2) is 10.2 Å². The van der Waals surface area contributed by atoms with Crippen LogP contribution in [0.2, 0.25) is 0 Å². The summed E-state index contributed by atoms with van der Waals surface area (Å²) in [6.45, 7) is 16.6. The number of phenols is 2.